The predicted molar refractivity (Wildman–Crippen MR) is 132 cm³/mol. The lowest BCUT2D eigenvalue weighted by molar-refractivity contribution is -0.170. The average Bonchev–Trinajstić information content (AvgIpc) is 3.23. The Morgan fingerprint density at radius 2 is 1.97 bits per heavy atom. The summed E-state index contributed by atoms with van der Waals surface area (Å²) in [6.07, 6.45) is 1.43. The van der Waals surface area contributed by atoms with Gasteiger partial charge in [0, 0.05) is 6.42 Å². The van der Waals surface area contributed by atoms with Crippen LogP contribution in [0.2, 0.25) is 5.02 Å². The molecule has 37 heavy (non-hydrogen) atoms. The average molecular weight is 554 g/mol. The number of rotatable bonds is 8. The van der Waals surface area contributed by atoms with E-state index in [1.165, 1.54) is 0 Å². The number of hydrogen-bond acceptors (Lipinski definition) is 7. The van der Waals surface area contributed by atoms with Gasteiger partial charge in [-0.15, -0.1) is 0 Å². The van der Waals surface area contributed by atoms with Crippen molar-refractivity contribution >= 4 is 39.3 Å². The van der Waals surface area contributed by atoms with Gasteiger partial charge >= 0.3 is 11.9 Å². The number of nitrogens with one attached hydrogen (secondary N) is 1. The minimum absolute atomic E-state index is 0.00974. The summed E-state index contributed by atoms with van der Waals surface area (Å²) in [5.74, 6) is -4.15. The Morgan fingerprint density at radius 1 is 1.24 bits per heavy atom. The predicted octanol–water partition coefficient (Wildman–Crippen LogP) is 4.14. The number of hydrogen-bond donors (Lipinski definition) is 2. The first-order valence-corrected chi connectivity index (χ1v) is 13.4. The van der Waals surface area contributed by atoms with Crippen molar-refractivity contribution in [3.05, 3.63) is 76.6 Å². The van der Waals surface area contributed by atoms with Gasteiger partial charge in [-0.2, -0.15) is 0 Å². The van der Waals surface area contributed by atoms with E-state index in [0.29, 0.717) is 12.0 Å². The summed E-state index contributed by atoms with van der Waals surface area (Å²) in [6.45, 7) is 1.68. The summed E-state index contributed by atoms with van der Waals surface area (Å²) in [4.78, 5) is 24.5. The van der Waals surface area contributed by atoms with E-state index in [9.17, 15) is 27.5 Å². The van der Waals surface area contributed by atoms with Crippen LogP contribution in [0.15, 0.2) is 60.2 Å². The van der Waals surface area contributed by atoms with Gasteiger partial charge in [-0.05, 0) is 49.2 Å². The fourth-order valence-corrected chi connectivity index (χ4v) is 6.11. The maximum Gasteiger partial charge on any atom is 0.338 e. The van der Waals surface area contributed by atoms with Gasteiger partial charge in [0.1, 0.15) is 23.3 Å². The number of anilines is 1. The lowest BCUT2D eigenvalue weighted by atomic mass is 9.94. The summed E-state index contributed by atoms with van der Waals surface area (Å²) < 4.78 is 59.3. The van der Waals surface area contributed by atoms with Crippen molar-refractivity contribution in [3.63, 3.8) is 0 Å². The molecule has 1 aliphatic heterocycles. The van der Waals surface area contributed by atoms with Crippen molar-refractivity contribution in [3.8, 4) is 0 Å². The van der Waals surface area contributed by atoms with Crippen LogP contribution >= 0.6 is 11.6 Å². The van der Waals surface area contributed by atoms with Gasteiger partial charge in [0.15, 0.2) is 5.79 Å². The number of ether oxygens (including phenoxy) is 3. The van der Waals surface area contributed by atoms with E-state index in [2.05, 4.69) is 4.72 Å². The molecule has 198 valence electrons. The number of sulfonamides is 1. The van der Waals surface area contributed by atoms with Gasteiger partial charge in [0.2, 0.25) is 10.0 Å². The molecule has 0 radical (unpaired) electrons. The van der Waals surface area contributed by atoms with E-state index < -0.39 is 50.0 Å². The van der Waals surface area contributed by atoms with Gasteiger partial charge in [-0.1, -0.05) is 36.7 Å². The van der Waals surface area contributed by atoms with Gasteiger partial charge in [0.25, 0.3) is 0 Å². The molecule has 1 aliphatic carbocycles. The van der Waals surface area contributed by atoms with Crippen LogP contribution < -0.4 is 4.72 Å². The molecule has 0 bridgehead atoms. The standard InChI is InChI=1S/C25H25ClFNO8S/c1-2-24(14-34-23(31)16-6-4-3-5-7-16)15-35-25(36-24)11-10-21(18(13-25)22(29)30)37(32,33)28-20-9-8-17(27)12-19(20)26/h3-9,12-13,21,28H,2,10-11,14-15H2,1H3,(H,29,30)/t21?,24-,25?/m1/s1. The topological polar surface area (TPSA) is 128 Å². The third kappa shape index (κ3) is 5.80. The van der Waals surface area contributed by atoms with Crippen LogP contribution in [0.5, 0.6) is 0 Å². The zero-order valence-electron chi connectivity index (χ0n) is 19.8. The number of carbonyl (C=O) groups excluding carboxylic acids is 1. The molecule has 4 rings (SSSR count). The van der Waals surface area contributed by atoms with E-state index in [1.807, 2.05) is 6.92 Å². The quantitative estimate of drug-likeness (QED) is 0.467. The van der Waals surface area contributed by atoms with Gasteiger partial charge < -0.3 is 19.3 Å². The lowest BCUT2D eigenvalue weighted by Gasteiger charge is -2.35. The number of benzene rings is 2. The zero-order valence-corrected chi connectivity index (χ0v) is 21.4. The number of halogens is 2. The monoisotopic (exact) mass is 553 g/mol. The number of carboxylic acids is 1. The Kier molecular flexibility index (Phi) is 7.61. The lowest BCUT2D eigenvalue weighted by Crippen LogP contribution is -2.44. The van der Waals surface area contributed by atoms with Crippen LogP contribution in [-0.2, 0) is 29.0 Å². The number of carbonyl (C=O) groups is 2. The molecule has 2 unspecified atom stereocenters. The molecule has 3 atom stereocenters. The zero-order chi connectivity index (χ0) is 26.8. The molecular formula is C25H25ClFNO8S. The van der Waals surface area contributed by atoms with Crippen molar-refractivity contribution in [2.24, 2.45) is 0 Å². The highest BCUT2D eigenvalue weighted by molar-refractivity contribution is 7.93. The molecule has 2 aliphatic rings. The second-order valence-electron chi connectivity index (χ2n) is 8.88. The summed E-state index contributed by atoms with van der Waals surface area (Å²) in [5, 5.41) is 8.23. The van der Waals surface area contributed by atoms with Crippen LogP contribution in [-0.4, -0.2) is 55.3 Å². The van der Waals surface area contributed by atoms with Gasteiger partial charge in [0.05, 0.1) is 28.5 Å². The maximum absolute atomic E-state index is 13.3. The molecule has 2 N–H and O–H groups in total. The van der Waals surface area contributed by atoms with E-state index in [-0.39, 0.29) is 36.8 Å². The fourth-order valence-electron chi connectivity index (χ4n) is 4.28. The van der Waals surface area contributed by atoms with Crippen molar-refractivity contribution in [2.45, 2.75) is 42.8 Å². The highest BCUT2D eigenvalue weighted by atomic mass is 35.5. The second kappa shape index (κ2) is 10.4. The van der Waals surface area contributed by atoms with Crippen molar-refractivity contribution in [1.82, 2.24) is 0 Å². The van der Waals surface area contributed by atoms with E-state index >= 15 is 0 Å². The van der Waals surface area contributed by atoms with E-state index in [4.69, 9.17) is 25.8 Å². The molecule has 1 saturated heterocycles. The van der Waals surface area contributed by atoms with Crippen LogP contribution in [0.1, 0.15) is 36.5 Å². The number of carboxylic acid groups (broad SMARTS) is 1. The Hall–Kier alpha value is -2.99. The van der Waals surface area contributed by atoms with Crippen molar-refractivity contribution < 1.29 is 41.7 Å². The third-order valence-corrected chi connectivity index (χ3v) is 8.43. The second-order valence-corrected chi connectivity index (χ2v) is 11.2. The molecule has 2 aromatic rings. The summed E-state index contributed by atoms with van der Waals surface area (Å²) >= 11 is 5.94. The van der Waals surface area contributed by atoms with Crippen molar-refractivity contribution in [2.75, 3.05) is 17.9 Å². The molecule has 0 saturated carbocycles. The third-order valence-electron chi connectivity index (χ3n) is 6.37. The largest absolute Gasteiger partial charge is 0.478 e. The Morgan fingerprint density at radius 3 is 2.62 bits per heavy atom. The minimum atomic E-state index is -4.29. The molecule has 1 heterocycles. The first-order valence-electron chi connectivity index (χ1n) is 11.5. The molecule has 0 aromatic heterocycles. The molecule has 1 fully saturated rings. The van der Waals surface area contributed by atoms with Crippen LogP contribution in [0.4, 0.5) is 10.1 Å². The van der Waals surface area contributed by atoms with Crippen LogP contribution in [0.3, 0.4) is 0 Å². The number of esters is 1. The van der Waals surface area contributed by atoms with Gasteiger partial charge in [-0.25, -0.2) is 22.4 Å². The Balaban J connectivity index is 1.53. The molecule has 0 amide bonds. The van der Waals surface area contributed by atoms with E-state index in [0.717, 1.165) is 24.3 Å². The summed E-state index contributed by atoms with van der Waals surface area (Å²) in [7, 11) is -4.29. The Bertz CT molecular complexity index is 1340. The number of aliphatic carboxylic acids is 1. The fraction of sp³-hybridized carbons (Fsp3) is 0.360. The Labute approximate surface area is 218 Å². The van der Waals surface area contributed by atoms with Crippen LogP contribution in [0, 0.1) is 5.82 Å². The molecular weight excluding hydrogens is 529 g/mol. The first-order chi connectivity index (χ1) is 17.5. The van der Waals surface area contributed by atoms with Crippen molar-refractivity contribution in [1.29, 1.82) is 0 Å². The molecule has 9 nitrogen and oxygen atoms in total. The smallest absolute Gasteiger partial charge is 0.338 e. The summed E-state index contributed by atoms with van der Waals surface area (Å²) in [6, 6.07) is 11.5. The normalized spacial score (nSPS) is 25.5. The first kappa shape index (κ1) is 27.1. The molecule has 2 aromatic carbocycles. The van der Waals surface area contributed by atoms with Crippen LogP contribution in [0.25, 0.3) is 0 Å². The minimum Gasteiger partial charge on any atom is -0.478 e. The summed E-state index contributed by atoms with van der Waals surface area (Å²) in [5.41, 5.74) is -1.19. The SMILES string of the molecule is CC[C@@]1(COC(=O)c2ccccc2)COC2(C=C(C(=O)O)C(S(=O)(=O)Nc3ccc(F)cc3Cl)CC2)O1. The molecule has 1 spiro atoms. The maximum atomic E-state index is 13.3. The van der Waals surface area contributed by atoms with Gasteiger partial charge in [-0.3, -0.25) is 4.72 Å². The highest BCUT2D eigenvalue weighted by Gasteiger charge is 2.53. The highest BCUT2D eigenvalue weighted by Crippen LogP contribution is 2.43. The molecule has 12 heteroatoms. The van der Waals surface area contributed by atoms with E-state index in [1.54, 1.807) is 30.3 Å².